The summed E-state index contributed by atoms with van der Waals surface area (Å²) in [6, 6.07) is 21.0. The molecule has 3 aromatic carbocycles. The SMILES string of the molecule is Cc1nnn(-c2ccc(-c3ccc(C4(C(=O)O)CC4)cc3)cc2)c1NC(=O)OCc1cccc(F)c1. The molecule has 1 aliphatic carbocycles. The van der Waals surface area contributed by atoms with Crippen LogP contribution in [0.15, 0.2) is 72.8 Å². The van der Waals surface area contributed by atoms with Crippen molar-refractivity contribution in [1.82, 2.24) is 15.0 Å². The first kappa shape index (κ1) is 23.2. The Balaban J connectivity index is 1.28. The maximum atomic E-state index is 13.3. The van der Waals surface area contributed by atoms with Gasteiger partial charge in [0.1, 0.15) is 18.1 Å². The van der Waals surface area contributed by atoms with Crippen LogP contribution in [-0.2, 0) is 21.6 Å². The van der Waals surface area contributed by atoms with Crippen LogP contribution in [0, 0.1) is 12.7 Å². The van der Waals surface area contributed by atoms with Crippen LogP contribution in [0.3, 0.4) is 0 Å². The van der Waals surface area contributed by atoms with Crippen LogP contribution in [0.1, 0.15) is 29.7 Å². The van der Waals surface area contributed by atoms with Crippen LogP contribution in [0.5, 0.6) is 0 Å². The number of amides is 1. The highest BCUT2D eigenvalue weighted by atomic mass is 19.1. The zero-order valence-corrected chi connectivity index (χ0v) is 19.4. The predicted octanol–water partition coefficient (Wildman–Crippen LogP) is 5.25. The summed E-state index contributed by atoms with van der Waals surface area (Å²) in [6.45, 7) is 1.64. The van der Waals surface area contributed by atoms with Crippen molar-refractivity contribution in [3.05, 3.63) is 95.4 Å². The van der Waals surface area contributed by atoms with Gasteiger partial charge in [-0.3, -0.25) is 10.1 Å². The standard InChI is InChI=1S/C27H23FN4O4/c1-17-24(29-26(35)36-16-18-3-2-4-22(28)15-18)32(31-30-17)23-11-7-20(8-12-23)19-5-9-21(10-6-19)27(13-14-27)25(33)34/h2-12,15H,13-14,16H2,1H3,(H,29,35)(H,33,34). The van der Waals surface area contributed by atoms with Crippen molar-refractivity contribution in [2.75, 3.05) is 5.32 Å². The van der Waals surface area contributed by atoms with Crippen LogP contribution < -0.4 is 5.32 Å². The molecule has 1 aliphatic rings. The van der Waals surface area contributed by atoms with E-state index in [1.54, 1.807) is 19.1 Å². The Kier molecular flexibility index (Phi) is 5.97. The molecule has 36 heavy (non-hydrogen) atoms. The van der Waals surface area contributed by atoms with Gasteiger partial charge in [-0.25, -0.2) is 9.18 Å². The zero-order valence-electron chi connectivity index (χ0n) is 19.4. The van der Waals surface area contributed by atoms with Gasteiger partial charge in [0.05, 0.1) is 11.1 Å². The second kappa shape index (κ2) is 9.26. The first-order chi connectivity index (χ1) is 17.4. The number of rotatable bonds is 7. The number of carboxylic acid groups (broad SMARTS) is 1. The second-order valence-corrected chi connectivity index (χ2v) is 8.78. The third kappa shape index (κ3) is 4.55. The number of aliphatic carboxylic acids is 1. The Labute approximate surface area is 206 Å². The fourth-order valence-corrected chi connectivity index (χ4v) is 4.12. The molecule has 8 nitrogen and oxygen atoms in total. The number of nitrogens with zero attached hydrogens (tertiary/aromatic N) is 3. The number of nitrogens with one attached hydrogen (secondary N) is 1. The van der Waals surface area contributed by atoms with E-state index in [0.29, 0.717) is 35.6 Å². The Morgan fingerprint density at radius 3 is 2.33 bits per heavy atom. The molecule has 5 rings (SSSR count). The molecule has 182 valence electrons. The van der Waals surface area contributed by atoms with E-state index in [1.165, 1.54) is 16.8 Å². The largest absolute Gasteiger partial charge is 0.481 e. The fourth-order valence-electron chi connectivity index (χ4n) is 4.12. The summed E-state index contributed by atoms with van der Waals surface area (Å²) in [5, 5.41) is 20.3. The smallest absolute Gasteiger partial charge is 0.413 e. The summed E-state index contributed by atoms with van der Waals surface area (Å²) in [5.41, 5.74) is 3.73. The van der Waals surface area contributed by atoms with Crippen LogP contribution in [0.2, 0.25) is 0 Å². The molecule has 9 heteroatoms. The Hall–Kier alpha value is -4.53. The fraction of sp³-hybridized carbons (Fsp3) is 0.185. The quantitative estimate of drug-likeness (QED) is 0.370. The molecule has 0 unspecified atom stereocenters. The summed E-state index contributed by atoms with van der Waals surface area (Å²) >= 11 is 0. The van der Waals surface area contributed by atoms with Crippen molar-refractivity contribution in [3.8, 4) is 16.8 Å². The van der Waals surface area contributed by atoms with Gasteiger partial charge in [0.2, 0.25) is 0 Å². The minimum atomic E-state index is -0.773. The summed E-state index contributed by atoms with van der Waals surface area (Å²) in [4.78, 5) is 23.9. The van der Waals surface area contributed by atoms with Crippen molar-refractivity contribution in [2.24, 2.45) is 0 Å². The lowest BCUT2D eigenvalue weighted by molar-refractivity contribution is -0.140. The van der Waals surface area contributed by atoms with Gasteiger partial charge in [-0.05, 0) is 66.3 Å². The lowest BCUT2D eigenvalue weighted by Crippen LogP contribution is -2.19. The Morgan fingerprint density at radius 2 is 1.72 bits per heavy atom. The Bertz CT molecular complexity index is 1430. The van der Waals surface area contributed by atoms with Crippen molar-refractivity contribution >= 4 is 17.9 Å². The molecule has 0 spiro atoms. The summed E-state index contributed by atoms with van der Waals surface area (Å²) < 4.78 is 20.0. The van der Waals surface area contributed by atoms with Crippen molar-refractivity contribution in [2.45, 2.75) is 31.8 Å². The molecule has 0 saturated heterocycles. The molecule has 1 amide bonds. The molecule has 0 radical (unpaired) electrons. The summed E-state index contributed by atoms with van der Waals surface area (Å²) in [7, 11) is 0. The van der Waals surface area contributed by atoms with Crippen molar-refractivity contribution < 1.29 is 23.8 Å². The van der Waals surface area contributed by atoms with Gasteiger partial charge in [0, 0.05) is 0 Å². The number of hydrogen-bond acceptors (Lipinski definition) is 5. The minimum Gasteiger partial charge on any atom is -0.481 e. The molecular weight excluding hydrogens is 463 g/mol. The predicted molar refractivity (Wildman–Crippen MR) is 130 cm³/mol. The number of aryl methyl sites for hydroxylation is 1. The van der Waals surface area contributed by atoms with Crippen molar-refractivity contribution in [3.63, 3.8) is 0 Å². The molecule has 1 fully saturated rings. The van der Waals surface area contributed by atoms with E-state index in [2.05, 4.69) is 15.6 Å². The zero-order chi connectivity index (χ0) is 25.3. The second-order valence-electron chi connectivity index (χ2n) is 8.78. The number of carbonyl (C=O) groups is 2. The minimum absolute atomic E-state index is 0.0781. The van der Waals surface area contributed by atoms with E-state index in [4.69, 9.17) is 4.74 Å². The number of carbonyl (C=O) groups excluding carboxylic acids is 1. The summed E-state index contributed by atoms with van der Waals surface area (Å²) in [5.74, 6) is -0.814. The van der Waals surface area contributed by atoms with Gasteiger partial charge in [0.15, 0.2) is 5.82 Å². The topological polar surface area (TPSA) is 106 Å². The van der Waals surface area contributed by atoms with Crippen LogP contribution in [0.25, 0.3) is 16.8 Å². The highest BCUT2D eigenvalue weighted by Gasteiger charge is 2.51. The number of anilines is 1. The van der Waals surface area contributed by atoms with E-state index in [-0.39, 0.29) is 6.61 Å². The molecular formula is C27H23FN4O4. The van der Waals surface area contributed by atoms with E-state index in [1.807, 2.05) is 48.5 Å². The number of ether oxygens (including phenoxy) is 1. The number of benzene rings is 3. The highest BCUT2D eigenvalue weighted by Crippen LogP contribution is 2.48. The molecule has 0 aliphatic heterocycles. The average molecular weight is 487 g/mol. The molecule has 1 aromatic heterocycles. The maximum absolute atomic E-state index is 13.3. The van der Waals surface area contributed by atoms with Gasteiger partial charge < -0.3 is 9.84 Å². The van der Waals surface area contributed by atoms with E-state index in [9.17, 15) is 19.1 Å². The third-order valence-electron chi connectivity index (χ3n) is 6.36. The van der Waals surface area contributed by atoms with E-state index >= 15 is 0 Å². The number of halogens is 1. The van der Waals surface area contributed by atoms with E-state index < -0.39 is 23.3 Å². The van der Waals surface area contributed by atoms with Gasteiger partial charge in [0.25, 0.3) is 0 Å². The Morgan fingerprint density at radius 1 is 1.06 bits per heavy atom. The first-order valence-electron chi connectivity index (χ1n) is 11.4. The van der Waals surface area contributed by atoms with Gasteiger partial charge in [-0.1, -0.05) is 53.7 Å². The van der Waals surface area contributed by atoms with Gasteiger partial charge >= 0.3 is 12.1 Å². The maximum Gasteiger partial charge on any atom is 0.413 e. The van der Waals surface area contributed by atoms with E-state index in [0.717, 1.165) is 16.7 Å². The van der Waals surface area contributed by atoms with Gasteiger partial charge in [-0.2, -0.15) is 4.68 Å². The summed E-state index contributed by atoms with van der Waals surface area (Å²) in [6.07, 6.45) is 0.627. The molecule has 2 N–H and O–H groups in total. The lowest BCUT2D eigenvalue weighted by Gasteiger charge is -2.12. The average Bonchev–Trinajstić information content (AvgIpc) is 3.63. The number of hydrogen-bond donors (Lipinski definition) is 2. The third-order valence-corrected chi connectivity index (χ3v) is 6.36. The molecule has 0 atom stereocenters. The normalized spacial score (nSPS) is 13.7. The molecule has 1 heterocycles. The van der Waals surface area contributed by atoms with Gasteiger partial charge in [-0.15, -0.1) is 5.10 Å². The number of carboxylic acids is 1. The lowest BCUT2D eigenvalue weighted by atomic mass is 9.94. The molecule has 4 aromatic rings. The van der Waals surface area contributed by atoms with Crippen LogP contribution in [0.4, 0.5) is 15.0 Å². The van der Waals surface area contributed by atoms with Crippen LogP contribution >= 0.6 is 0 Å². The first-order valence-corrected chi connectivity index (χ1v) is 11.4. The monoisotopic (exact) mass is 486 g/mol. The number of aromatic nitrogens is 3. The van der Waals surface area contributed by atoms with Crippen molar-refractivity contribution in [1.29, 1.82) is 0 Å². The highest BCUT2D eigenvalue weighted by molar-refractivity contribution is 5.85. The molecule has 1 saturated carbocycles. The van der Waals surface area contributed by atoms with Crippen LogP contribution in [-0.4, -0.2) is 32.2 Å². The molecule has 0 bridgehead atoms.